The van der Waals surface area contributed by atoms with Crippen molar-refractivity contribution in [2.45, 2.75) is 38.2 Å². The minimum absolute atomic E-state index is 0.0346. The van der Waals surface area contributed by atoms with Gasteiger partial charge in [-0.2, -0.15) is 0 Å². The van der Waals surface area contributed by atoms with Gasteiger partial charge in [-0.25, -0.2) is 4.79 Å². The van der Waals surface area contributed by atoms with Crippen LogP contribution in [0.2, 0.25) is 0 Å². The molecule has 0 saturated heterocycles. The lowest BCUT2D eigenvalue weighted by Gasteiger charge is -2.31. The zero-order valence-corrected chi connectivity index (χ0v) is 11.0. The number of esters is 1. The summed E-state index contributed by atoms with van der Waals surface area (Å²) in [6.45, 7) is 1.98. The van der Waals surface area contributed by atoms with Crippen molar-refractivity contribution < 1.29 is 14.6 Å². The van der Waals surface area contributed by atoms with Crippen molar-refractivity contribution in [1.82, 2.24) is 0 Å². The molecular weight excluding hydrogens is 228 g/mol. The fourth-order valence-electron chi connectivity index (χ4n) is 2.83. The molecule has 0 bridgehead atoms. The van der Waals surface area contributed by atoms with Gasteiger partial charge in [0.15, 0.2) is 5.60 Å². The van der Waals surface area contributed by atoms with E-state index in [-0.39, 0.29) is 5.92 Å². The standard InChI is InChI=1S/C15H20O3/c1-11-7-9-13(10-8-11)15(17,14(16)18-2)12-5-3-4-6-12/h7-10,12,17H,3-6H2,1-2H3. The molecule has 0 heterocycles. The molecule has 0 aromatic heterocycles. The molecule has 98 valence electrons. The number of aliphatic hydroxyl groups is 1. The van der Waals surface area contributed by atoms with E-state index in [0.717, 1.165) is 31.2 Å². The van der Waals surface area contributed by atoms with E-state index in [1.54, 1.807) is 0 Å². The Morgan fingerprint density at radius 2 is 1.83 bits per heavy atom. The van der Waals surface area contributed by atoms with E-state index in [1.165, 1.54) is 7.11 Å². The molecule has 3 nitrogen and oxygen atoms in total. The third kappa shape index (κ3) is 2.15. The Morgan fingerprint density at radius 3 is 2.33 bits per heavy atom. The molecule has 1 aliphatic carbocycles. The SMILES string of the molecule is COC(=O)C(O)(c1ccc(C)cc1)C1CCCC1. The molecular formula is C15H20O3. The van der Waals surface area contributed by atoms with Crippen molar-refractivity contribution in [1.29, 1.82) is 0 Å². The van der Waals surface area contributed by atoms with Gasteiger partial charge in [0.05, 0.1) is 7.11 Å². The van der Waals surface area contributed by atoms with Crippen molar-refractivity contribution in [2.75, 3.05) is 7.11 Å². The summed E-state index contributed by atoms with van der Waals surface area (Å²) in [5.41, 5.74) is 0.267. The van der Waals surface area contributed by atoms with Crippen LogP contribution in [0.4, 0.5) is 0 Å². The number of ether oxygens (including phenoxy) is 1. The minimum atomic E-state index is -1.49. The molecule has 0 radical (unpaired) electrons. The number of carbonyl (C=O) groups is 1. The summed E-state index contributed by atoms with van der Waals surface area (Å²) in [7, 11) is 1.33. The number of aryl methyl sites for hydroxylation is 1. The monoisotopic (exact) mass is 248 g/mol. The molecule has 0 spiro atoms. The van der Waals surface area contributed by atoms with Gasteiger partial charge in [0.1, 0.15) is 0 Å². The molecule has 1 fully saturated rings. The third-order valence-electron chi connectivity index (χ3n) is 3.93. The number of hydrogen-bond donors (Lipinski definition) is 1. The predicted molar refractivity (Wildman–Crippen MR) is 69.0 cm³/mol. The lowest BCUT2D eigenvalue weighted by atomic mass is 9.80. The van der Waals surface area contributed by atoms with Crippen LogP contribution in [0.5, 0.6) is 0 Å². The average Bonchev–Trinajstić information content (AvgIpc) is 2.92. The van der Waals surface area contributed by atoms with Gasteiger partial charge in [0, 0.05) is 5.92 Å². The van der Waals surface area contributed by atoms with Crippen molar-refractivity contribution in [3.63, 3.8) is 0 Å². The van der Waals surface area contributed by atoms with Crippen molar-refractivity contribution in [2.24, 2.45) is 5.92 Å². The molecule has 1 aromatic carbocycles. The molecule has 1 aliphatic rings. The summed E-state index contributed by atoms with van der Waals surface area (Å²) in [5.74, 6) is -0.578. The van der Waals surface area contributed by atoms with Gasteiger partial charge < -0.3 is 9.84 Å². The fourth-order valence-corrected chi connectivity index (χ4v) is 2.83. The summed E-state index contributed by atoms with van der Waals surface area (Å²) in [6.07, 6.45) is 3.88. The van der Waals surface area contributed by atoms with Gasteiger partial charge in [0.2, 0.25) is 0 Å². The highest BCUT2D eigenvalue weighted by Crippen LogP contribution is 2.41. The van der Waals surface area contributed by atoms with Crippen LogP contribution in [-0.2, 0) is 15.1 Å². The predicted octanol–water partition coefficient (Wildman–Crippen LogP) is 2.55. The maximum Gasteiger partial charge on any atom is 0.342 e. The number of carbonyl (C=O) groups excluding carboxylic acids is 1. The minimum Gasteiger partial charge on any atom is -0.467 e. The quantitative estimate of drug-likeness (QED) is 0.836. The summed E-state index contributed by atoms with van der Waals surface area (Å²) in [4.78, 5) is 12.0. The first-order valence-electron chi connectivity index (χ1n) is 6.47. The molecule has 1 unspecified atom stereocenters. The van der Waals surface area contributed by atoms with Crippen LogP contribution < -0.4 is 0 Å². The van der Waals surface area contributed by atoms with Gasteiger partial charge in [-0.1, -0.05) is 42.7 Å². The van der Waals surface area contributed by atoms with Crippen LogP contribution in [0.15, 0.2) is 24.3 Å². The summed E-state index contributed by atoms with van der Waals surface area (Å²) >= 11 is 0. The Hall–Kier alpha value is -1.35. The first-order valence-corrected chi connectivity index (χ1v) is 6.47. The maximum absolute atomic E-state index is 12.0. The third-order valence-corrected chi connectivity index (χ3v) is 3.93. The van der Waals surface area contributed by atoms with E-state index in [1.807, 2.05) is 31.2 Å². The van der Waals surface area contributed by atoms with E-state index in [9.17, 15) is 9.90 Å². The van der Waals surface area contributed by atoms with Gasteiger partial charge in [-0.15, -0.1) is 0 Å². The van der Waals surface area contributed by atoms with Gasteiger partial charge in [-0.3, -0.25) is 0 Å². The highest BCUT2D eigenvalue weighted by molar-refractivity contribution is 5.81. The first kappa shape index (κ1) is 13.1. The van der Waals surface area contributed by atoms with E-state index >= 15 is 0 Å². The number of rotatable bonds is 3. The van der Waals surface area contributed by atoms with Gasteiger partial charge >= 0.3 is 5.97 Å². The fraction of sp³-hybridized carbons (Fsp3) is 0.533. The zero-order valence-electron chi connectivity index (χ0n) is 11.0. The lowest BCUT2D eigenvalue weighted by molar-refractivity contribution is -0.170. The molecule has 1 saturated carbocycles. The van der Waals surface area contributed by atoms with Crippen molar-refractivity contribution in [3.05, 3.63) is 35.4 Å². The Bertz CT molecular complexity index is 418. The summed E-state index contributed by atoms with van der Waals surface area (Å²) in [6, 6.07) is 7.48. The number of hydrogen-bond acceptors (Lipinski definition) is 3. The van der Waals surface area contributed by atoms with E-state index in [0.29, 0.717) is 5.56 Å². The molecule has 1 N–H and O–H groups in total. The van der Waals surface area contributed by atoms with Gasteiger partial charge in [-0.05, 0) is 25.3 Å². The van der Waals surface area contributed by atoms with E-state index in [2.05, 4.69) is 0 Å². The molecule has 18 heavy (non-hydrogen) atoms. The lowest BCUT2D eigenvalue weighted by Crippen LogP contribution is -2.43. The van der Waals surface area contributed by atoms with E-state index in [4.69, 9.17) is 4.74 Å². The molecule has 0 aliphatic heterocycles. The second kappa shape index (κ2) is 5.11. The van der Waals surface area contributed by atoms with Crippen LogP contribution in [0.25, 0.3) is 0 Å². The zero-order chi connectivity index (χ0) is 13.2. The Balaban J connectivity index is 2.40. The van der Waals surface area contributed by atoms with Crippen LogP contribution in [0.1, 0.15) is 36.8 Å². The van der Waals surface area contributed by atoms with Crippen molar-refractivity contribution in [3.8, 4) is 0 Å². The summed E-state index contributed by atoms with van der Waals surface area (Å²) in [5, 5.41) is 10.9. The van der Waals surface area contributed by atoms with Crippen LogP contribution in [-0.4, -0.2) is 18.2 Å². The largest absolute Gasteiger partial charge is 0.467 e. The van der Waals surface area contributed by atoms with Crippen LogP contribution >= 0.6 is 0 Å². The number of benzene rings is 1. The Morgan fingerprint density at radius 1 is 1.28 bits per heavy atom. The molecule has 0 amide bonds. The highest BCUT2D eigenvalue weighted by atomic mass is 16.5. The van der Waals surface area contributed by atoms with E-state index < -0.39 is 11.6 Å². The average molecular weight is 248 g/mol. The smallest absolute Gasteiger partial charge is 0.342 e. The molecule has 1 atom stereocenters. The Labute approximate surface area is 108 Å². The first-order chi connectivity index (χ1) is 8.59. The Kier molecular flexibility index (Phi) is 3.71. The summed E-state index contributed by atoms with van der Waals surface area (Å²) < 4.78 is 4.82. The second-order valence-corrected chi connectivity index (χ2v) is 5.11. The highest BCUT2D eigenvalue weighted by Gasteiger charge is 2.47. The van der Waals surface area contributed by atoms with Crippen LogP contribution in [0, 0.1) is 12.8 Å². The normalized spacial score (nSPS) is 19.5. The molecule has 1 aromatic rings. The van der Waals surface area contributed by atoms with Gasteiger partial charge in [0.25, 0.3) is 0 Å². The second-order valence-electron chi connectivity index (χ2n) is 5.11. The van der Waals surface area contributed by atoms with Crippen molar-refractivity contribution >= 4 is 5.97 Å². The maximum atomic E-state index is 12.0. The molecule has 2 rings (SSSR count). The molecule has 3 heteroatoms. The topological polar surface area (TPSA) is 46.5 Å². The van der Waals surface area contributed by atoms with Crippen LogP contribution in [0.3, 0.4) is 0 Å². The number of methoxy groups -OCH3 is 1.